The lowest BCUT2D eigenvalue weighted by Gasteiger charge is -2.06. The molecule has 1 aromatic carbocycles. The second kappa shape index (κ2) is 5.80. The number of ketones is 1. The van der Waals surface area contributed by atoms with Gasteiger partial charge in [-0.3, -0.25) is 9.59 Å². The van der Waals surface area contributed by atoms with Crippen LogP contribution in [-0.4, -0.2) is 18.4 Å². The molecule has 0 spiro atoms. The van der Waals surface area contributed by atoms with Gasteiger partial charge in [0.1, 0.15) is 0 Å². The Balaban J connectivity index is 2.53. The minimum atomic E-state index is -0.356. The van der Waals surface area contributed by atoms with Crippen molar-refractivity contribution < 1.29 is 14.3 Å². The Morgan fingerprint density at radius 3 is 2.31 bits per heavy atom. The van der Waals surface area contributed by atoms with E-state index < -0.39 is 0 Å². The zero-order valence-electron chi connectivity index (χ0n) is 9.20. The Labute approximate surface area is 103 Å². The van der Waals surface area contributed by atoms with Gasteiger partial charge < -0.3 is 4.74 Å². The summed E-state index contributed by atoms with van der Waals surface area (Å²) in [4.78, 5) is 22.7. The van der Waals surface area contributed by atoms with Crippen LogP contribution in [0, 0.1) is 5.92 Å². The Bertz CT molecular complexity index is 382. The fourth-order valence-electron chi connectivity index (χ4n) is 1.02. The van der Waals surface area contributed by atoms with E-state index in [1.165, 1.54) is 0 Å². The van der Waals surface area contributed by atoms with Crippen molar-refractivity contribution in [3.8, 4) is 0 Å². The summed E-state index contributed by atoms with van der Waals surface area (Å²) in [5.74, 6) is -0.760. The average Bonchev–Trinajstić information content (AvgIpc) is 2.26. The molecule has 0 bridgehead atoms. The number of hydrogen-bond acceptors (Lipinski definition) is 3. The van der Waals surface area contributed by atoms with Gasteiger partial charge in [0.2, 0.25) is 0 Å². The van der Waals surface area contributed by atoms with E-state index in [9.17, 15) is 9.59 Å². The van der Waals surface area contributed by atoms with Crippen molar-refractivity contribution in [2.24, 2.45) is 5.92 Å². The normalized spacial score (nSPS) is 10.2. The average molecular weight is 285 g/mol. The molecule has 1 rings (SSSR count). The summed E-state index contributed by atoms with van der Waals surface area (Å²) in [5, 5.41) is 0. The highest BCUT2D eigenvalue weighted by molar-refractivity contribution is 9.10. The van der Waals surface area contributed by atoms with Crippen molar-refractivity contribution in [1.29, 1.82) is 0 Å². The third-order valence-corrected chi connectivity index (χ3v) is 2.51. The highest BCUT2D eigenvalue weighted by Gasteiger charge is 2.12. The van der Waals surface area contributed by atoms with Crippen LogP contribution in [0.25, 0.3) is 0 Å². The summed E-state index contributed by atoms with van der Waals surface area (Å²) in [6, 6.07) is 6.93. The van der Waals surface area contributed by atoms with Crippen LogP contribution in [0.1, 0.15) is 24.2 Å². The molecule has 0 amide bonds. The molecule has 16 heavy (non-hydrogen) atoms. The summed E-state index contributed by atoms with van der Waals surface area (Å²) < 4.78 is 5.76. The van der Waals surface area contributed by atoms with Gasteiger partial charge >= 0.3 is 5.97 Å². The first-order valence-electron chi connectivity index (χ1n) is 4.96. The summed E-state index contributed by atoms with van der Waals surface area (Å²) >= 11 is 3.28. The molecular formula is C12H13BrO3. The highest BCUT2D eigenvalue weighted by atomic mass is 79.9. The lowest BCUT2D eigenvalue weighted by molar-refractivity contribution is -0.146. The van der Waals surface area contributed by atoms with Crippen molar-refractivity contribution in [1.82, 2.24) is 0 Å². The topological polar surface area (TPSA) is 43.4 Å². The molecule has 0 saturated carbocycles. The molecule has 0 aromatic heterocycles. The molecule has 1 aromatic rings. The molecule has 0 atom stereocenters. The molecule has 0 N–H and O–H groups in total. The van der Waals surface area contributed by atoms with Crippen molar-refractivity contribution in [2.75, 3.05) is 6.61 Å². The maximum atomic E-state index is 11.6. The first kappa shape index (κ1) is 12.9. The van der Waals surface area contributed by atoms with Gasteiger partial charge in [-0.25, -0.2) is 0 Å². The summed E-state index contributed by atoms with van der Waals surface area (Å²) in [7, 11) is 0. The molecular weight excluding hydrogens is 272 g/mol. The molecule has 0 unspecified atom stereocenters. The SMILES string of the molecule is CC(C)C(=O)OCC(=O)c1ccc(Br)cc1. The predicted molar refractivity (Wildman–Crippen MR) is 64.3 cm³/mol. The Morgan fingerprint density at radius 1 is 1.25 bits per heavy atom. The fourth-order valence-corrected chi connectivity index (χ4v) is 1.29. The van der Waals surface area contributed by atoms with E-state index in [1.54, 1.807) is 38.1 Å². The van der Waals surface area contributed by atoms with Crippen LogP contribution in [0.5, 0.6) is 0 Å². The molecule has 0 aliphatic carbocycles. The van der Waals surface area contributed by atoms with Crippen molar-refractivity contribution in [3.63, 3.8) is 0 Å². The van der Waals surface area contributed by atoms with Gasteiger partial charge in [0, 0.05) is 10.0 Å². The highest BCUT2D eigenvalue weighted by Crippen LogP contribution is 2.11. The Hall–Kier alpha value is -1.16. The number of carbonyl (C=O) groups excluding carboxylic acids is 2. The first-order valence-corrected chi connectivity index (χ1v) is 5.75. The second-order valence-corrected chi connectivity index (χ2v) is 4.61. The number of carbonyl (C=O) groups is 2. The zero-order chi connectivity index (χ0) is 12.1. The predicted octanol–water partition coefficient (Wildman–Crippen LogP) is 2.83. The third kappa shape index (κ3) is 3.77. The van der Waals surface area contributed by atoms with E-state index in [0.717, 1.165) is 4.47 Å². The molecule has 0 fully saturated rings. The lowest BCUT2D eigenvalue weighted by atomic mass is 10.1. The minimum Gasteiger partial charge on any atom is -0.457 e. The zero-order valence-corrected chi connectivity index (χ0v) is 10.8. The van der Waals surface area contributed by atoms with Crippen LogP contribution >= 0.6 is 15.9 Å². The van der Waals surface area contributed by atoms with E-state index in [1.807, 2.05) is 0 Å². The number of rotatable bonds is 4. The number of esters is 1. The minimum absolute atomic E-state index is 0.193. The van der Waals surface area contributed by atoms with E-state index in [4.69, 9.17) is 4.74 Å². The molecule has 0 aliphatic rings. The van der Waals surface area contributed by atoms with Crippen LogP contribution < -0.4 is 0 Å². The first-order chi connectivity index (χ1) is 7.50. The van der Waals surface area contributed by atoms with Crippen LogP contribution in [0.2, 0.25) is 0 Å². The van der Waals surface area contributed by atoms with Crippen molar-refractivity contribution in [3.05, 3.63) is 34.3 Å². The van der Waals surface area contributed by atoms with E-state index >= 15 is 0 Å². The quantitative estimate of drug-likeness (QED) is 0.631. The summed E-state index contributed by atoms with van der Waals surface area (Å²) in [5.41, 5.74) is 0.541. The second-order valence-electron chi connectivity index (χ2n) is 3.69. The van der Waals surface area contributed by atoms with Crippen molar-refractivity contribution in [2.45, 2.75) is 13.8 Å². The van der Waals surface area contributed by atoms with Gasteiger partial charge in [0.15, 0.2) is 12.4 Å². The van der Waals surface area contributed by atoms with Crippen LogP contribution in [0.4, 0.5) is 0 Å². The van der Waals surface area contributed by atoms with Gasteiger partial charge in [0.05, 0.1) is 5.92 Å². The summed E-state index contributed by atoms with van der Waals surface area (Å²) in [6.07, 6.45) is 0. The maximum Gasteiger partial charge on any atom is 0.308 e. The number of benzene rings is 1. The molecule has 3 nitrogen and oxygen atoms in total. The fraction of sp³-hybridized carbons (Fsp3) is 0.333. The number of Topliss-reactive ketones (excluding diaryl/α,β-unsaturated/α-hetero) is 1. The Kier molecular flexibility index (Phi) is 4.68. The number of halogens is 1. The number of ether oxygens (including phenoxy) is 1. The van der Waals surface area contributed by atoms with Crippen molar-refractivity contribution >= 4 is 27.7 Å². The molecule has 0 saturated heterocycles. The van der Waals surface area contributed by atoms with Crippen LogP contribution in [-0.2, 0) is 9.53 Å². The molecule has 4 heteroatoms. The standard InChI is InChI=1S/C12H13BrO3/c1-8(2)12(15)16-7-11(14)9-3-5-10(13)6-4-9/h3-6,8H,7H2,1-2H3. The van der Waals surface area contributed by atoms with Gasteiger partial charge in [0.25, 0.3) is 0 Å². The monoisotopic (exact) mass is 284 g/mol. The molecule has 0 radical (unpaired) electrons. The van der Waals surface area contributed by atoms with Gasteiger partial charge in [-0.15, -0.1) is 0 Å². The van der Waals surface area contributed by atoms with Gasteiger partial charge in [-0.2, -0.15) is 0 Å². The van der Waals surface area contributed by atoms with E-state index in [2.05, 4.69) is 15.9 Å². The maximum absolute atomic E-state index is 11.6. The molecule has 0 aliphatic heterocycles. The van der Waals surface area contributed by atoms with Crippen LogP contribution in [0.3, 0.4) is 0 Å². The summed E-state index contributed by atoms with van der Waals surface area (Å²) in [6.45, 7) is 3.26. The van der Waals surface area contributed by atoms with E-state index in [0.29, 0.717) is 5.56 Å². The molecule has 0 heterocycles. The van der Waals surface area contributed by atoms with E-state index in [-0.39, 0.29) is 24.3 Å². The number of hydrogen-bond donors (Lipinski definition) is 0. The van der Waals surface area contributed by atoms with Crippen LogP contribution in [0.15, 0.2) is 28.7 Å². The third-order valence-electron chi connectivity index (χ3n) is 1.98. The van der Waals surface area contributed by atoms with Gasteiger partial charge in [-0.1, -0.05) is 41.9 Å². The Morgan fingerprint density at radius 2 is 1.81 bits per heavy atom. The molecule has 86 valence electrons. The lowest BCUT2D eigenvalue weighted by Crippen LogP contribution is -2.17. The largest absolute Gasteiger partial charge is 0.457 e. The smallest absolute Gasteiger partial charge is 0.308 e. The van der Waals surface area contributed by atoms with Gasteiger partial charge in [-0.05, 0) is 12.1 Å².